The van der Waals surface area contributed by atoms with Crippen molar-refractivity contribution in [3.63, 3.8) is 0 Å². The van der Waals surface area contributed by atoms with Crippen LogP contribution in [0.25, 0.3) is 0 Å². The van der Waals surface area contributed by atoms with Gasteiger partial charge < -0.3 is 18.0 Å². The lowest BCUT2D eigenvalue weighted by Crippen LogP contribution is -2.47. The highest BCUT2D eigenvalue weighted by molar-refractivity contribution is 6.60. The van der Waals surface area contributed by atoms with Gasteiger partial charge in [-0.25, -0.2) is 4.79 Å². The van der Waals surface area contributed by atoms with Crippen molar-refractivity contribution in [1.82, 2.24) is 0 Å². The summed E-state index contributed by atoms with van der Waals surface area (Å²) in [7, 11) is -2.76. The van der Waals surface area contributed by atoms with Crippen molar-refractivity contribution in [2.45, 2.75) is 97.9 Å². The van der Waals surface area contributed by atoms with E-state index in [1.807, 2.05) is 0 Å². The average Bonchev–Trinajstić information content (AvgIpc) is 2.69. The molecule has 0 aliphatic rings. The lowest BCUT2D eigenvalue weighted by Gasteiger charge is -2.30. The summed E-state index contributed by atoms with van der Waals surface area (Å²) in [5.41, 5.74) is 0.422. The van der Waals surface area contributed by atoms with Crippen LogP contribution in [0.4, 0.5) is 0 Å². The number of esters is 1. The molecule has 0 rings (SSSR count). The molecular formula is C22H44O5Si. The molecule has 0 atom stereocenters. The van der Waals surface area contributed by atoms with Crippen LogP contribution >= 0.6 is 0 Å². The Hall–Kier alpha value is -0.693. The summed E-state index contributed by atoms with van der Waals surface area (Å²) in [5, 5.41) is 0. The van der Waals surface area contributed by atoms with E-state index in [1.165, 1.54) is 0 Å². The van der Waals surface area contributed by atoms with Gasteiger partial charge in [0.2, 0.25) is 0 Å². The number of ether oxygens (including phenoxy) is 1. The fourth-order valence-corrected chi connectivity index (χ4v) is 5.28. The second-order valence-electron chi connectivity index (χ2n) is 7.37. The number of carbonyl (C=O) groups is 1. The zero-order valence-corrected chi connectivity index (χ0v) is 19.9. The highest BCUT2D eigenvalue weighted by Gasteiger charge is 2.40. The minimum Gasteiger partial charge on any atom is -0.462 e. The first-order valence-corrected chi connectivity index (χ1v) is 13.2. The van der Waals surface area contributed by atoms with Crippen LogP contribution < -0.4 is 0 Å². The van der Waals surface area contributed by atoms with Crippen molar-refractivity contribution >= 4 is 14.8 Å². The molecule has 5 nitrogen and oxygen atoms in total. The maximum absolute atomic E-state index is 11.6. The number of hydrogen-bond donors (Lipinski definition) is 0. The van der Waals surface area contributed by atoms with Crippen LogP contribution in [0.5, 0.6) is 0 Å². The standard InChI is InChI=1S/C22H44O5Si/c1-6-9-12-17-25-28(26-18-13-10-7-2,27-19-14-11-8-3)20-15-16-24-22(23)21(4)5/h4,6-20H2,1-3,5H3. The molecule has 166 valence electrons. The van der Waals surface area contributed by atoms with Crippen LogP contribution in [0, 0.1) is 0 Å². The minimum absolute atomic E-state index is 0.343. The zero-order valence-electron chi connectivity index (χ0n) is 18.9. The Morgan fingerprint density at radius 3 is 1.50 bits per heavy atom. The van der Waals surface area contributed by atoms with Gasteiger partial charge in [0.15, 0.2) is 0 Å². The summed E-state index contributed by atoms with van der Waals surface area (Å²) < 4.78 is 24.1. The first-order valence-electron chi connectivity index (χ1n) is 11.3. The van der Waals surface area contributed by atoms with Gasteiger partial charge in [-0.15, -0.1) is 0 Å². The van der Waals surface area contributed by atoms with E-state index >= 15 is 0 Å². The second kappa shape index (κ2) is 18.3. The van der Waals surface area contributed by atoms with Crippen molar-refractivity contribution in [2.75, 3.05) is 26.4 Å². The molecule has 0 aliphatic carbocycles. The molecule has 0 amide bonds. The Morgan fingerprint density at radius 2 is 1.14 bits per heavy atom. The summed E-state index contributed by atoms with van der Waals surface area (Å²) in [6.45, 7) is 14.2. The number of hydrogen-bond acceptors (Lipinski definition) is 5. The molecule has 0 spiro atoms. The predicted octanol–water partition coefficient (Wildman–Crippen LogP) is 6.06. The molecule has 0 N–H and O–H groups in total. The van der Waals surface area contributed by atoms with E-state index in [2.05, 4.69) is 27.4 Å². The van der Waals surface area contributed by atoms with Gasteiger partial charge in [0.25, 0.3) is 0 Å². The smallest absolute Gasteiger partial charge is 0.462 e. The van der Waals surface area contributed by atoms with Crippen molar-refractivity contribution in [3.05, 3.63) is 12.2 Å². The van der Waals surface area contributed by atoms with Crippen LogP contribution in [-0.2, 0) is 22.8 Å². The molecule has 0 aliphatic heterocycles. The van der Waals surface area contributed by atoms with Crippen LogP contribution in [0.1, 0.15) is 91.9 Å². The van der Waals surface area contributed by atoms with E-state index in [1.54, 1.807) is 6.92 Å². The first-order chi connectivity index (χ1) is 13.5. The van der Waals surface area contributed by atoms with Gasteiger partial charge in [-0.3, -0.25) is 0 Å². The van der Waals surface area contributed by atoms with Gasteiger partial charge in [-0.05, 0) is 32.6 Å². The third kappa shape index (κ3) is 14.3. The normalized spacial score (nSPS) is 11.6. The van der Waals surface area contributed by atoms with Crippen LogP contribution in [0.3, 0.4) is 0 Å². The lowest BCUT2D eigenvalue weighted by molar-refractivity contribution is -0.139. The van der Waals surface area contributed by atoms with Gasteiger partial charge in [0.05, 0.1) is 6.61 Å². The molecule has 0 heterocycles. The van der Waals surface area contributed by atoms with E-state index in [9.17, 15) is 4.79 Å². The molecule has 0 saturated heterocycles. The molecular weight excluding hydrogens is 372 g/mol. The van der Waals surface area contributed by atoms with E-state index in [-0.39, 0.29) is 5.97 Å². The minimum atomic E-state index is -2.76. The van der Waals surface area contributed by atoms with Crippen molar-refractivity contribution < 1.29 is 22.8 Å². The number of unbranched alkanes of at least 4 members (excludes halogenated alkanes) is 6. The van der Waals surface area contributed by atoms with Crippen molar-refractivity contribution in [2.24, 2.45) is 0 Å². The Labute approximate surface area is 174 Å². The highest BCUT2D eigenvalue weighted by Crippen LogP contribution is 2.21. The molecule has 0 radical (unpaired) electrons. The summed E-state index contributed by atoms with van der Waals surface area (Å²) in [4.78, 5) is 11.6. The third-order valence-corrected chi connectivity index (χ3v) is 7.32. The molecule has 6 heteroatoms. The van der Waals surface area contributed by atoms with Crippen molar-refractivity contribution in [3.8, 4) is 0 Å². The summed E-state index contributed by atoms with van der Waals surface area (Å²) in [6, 6.07) is 0.681. The predicted molar refractivity (Wildman–Crippen MR) is 117 cm³/mol. The fourth-order valence-electron chi connectivity index (χ4n) is 2.66. The third-order valence-electron chi connectivity index (χ3n) is 4.42. The van der Waals surface area contributed by atoms with Gasteiger partial charge >= 0.3 is 14.8 Å². The average molecular weight is 417 g/mol. The Balaban J connectivity index is 4.79. The molecule has 0 fully saturated rings. The van der Waals surface area contributed by atoms with Crippen LogP contribution in [-0.4, -0.2) is 41.2 Å². The lowest BCUT2D eigenvalue weighted by atomic mass is 10.3. The molecule has 0 saturated carbocycles. The van der Waals surface area contributed by atoms with E-state index < -0.39 is 8.80 Å². The maximum atomic E-state index is 11.6. The van der Waals surface area contributed by atoms with E-state index in [0.29, 0.717) is 44.5 Å². The zero-order chi connectivity index (χ0) is 21.1. The monoisotopic (exact) mass is 416 g/mol. The van der Waals surface area contributed by atoms with Gasteiger partial charge in [0, 0.05) is 31.4 Å². The molecule has 28 heavy (non-hydrogen) atoms. The summed E-state index contributed by atoms with van der Waals surface area (Å²) >= 11 is 0. The first kappa shape index (κ1) is 27.3. The maximum Gasteiger partial charge on any atom is 0.501 e. The summed E-state index contributed by atoms with van der Waals surface area (Å²) in [5.74, 6) is -0.344. The summed E-state index contributed by atoms with van der Waals surface area (Å²) in [6.07, 6.45) is 10.6. The molecule has 0 aromatic rings. The Kier molecular flexibility index (Phi) is 17.9. The Morgan fingerprint density at radius 1 is 0.714 bits per heavy atom. The SMILES string of the molecule is C=C(C)C(=O)OCCC[Si](OCCCCC)(OCCCCC)OCCCCC. The van der Waals surface area contributed by atoms with Crippen LogP contribution in [0.2, 0.25) is 6.04 Å². The van der Waals surface area contributed by atoms with E-state index in [0.717, 1.165) is 57.8 Å². The van der Waals surface area contributed by atoms with Crippen LogP contribution in [0.15, 0.2) is 12.2 Å². The topological polar surface area (TPSA) is 54.0 Å². The second-order valence-corrected chi connectivity index (χ2v) is 10.1. The molecule has 0 aromatic carbocycles. The number of carbonyl (C=O) groups excluding carboxylic acids is 1. The molecule has 0 aromatic heterocycles. The highest BCUT2D eigenvalue weighted by atomic mass is 28.4. The quantitative estimate of drug-likeness (QED) is 0.105. The van der Waals surface area contributed by atoms with Gasteiger partial charge in [-0.1, -0.05) is 65.9 Å². The largest absolute Gasteiger partial charge is 0.501 e. The van der Waals surface area contributed by atoms with Gasteiger partial charge in [-0.2, -0.15) is 0 Å². The van der Waals surface area contributed by atoms with Gasteiger partial charge in [0.1, 0.15) is 0 Å². The fraction of sp³-hybridized carbons (Fsp3) is 0.864. The molecule has 0 unspecified atom stereocenters. The Bertz CT molecular complexity index is 369. The molecule has 0 bridgehead atoms. The van der Waals surface area contributed by atoms with Crippen molar-refractivity contribution in [1.29, 1.82) is 0 Å². The number of rotatable bonds is 20. The van der Waals surface area contributed by atoms with E-state index in [4.69, 9.17) is 18.0 Å².